The Morgan fingerprint density at radius 3 is 2.56 bits per heavy atom. The van der Waals surface area contributed by atoms with Crippen LogP contribution < -0.4 is 5.43 Å². The summed E-state index contributed by atoms with van der Waals surface area (Å²) in [5.41, 5.74) is 0.802. The van der Waals surface area contributed by atoms with Gasteiger partial charge in [0.1, 0.15) is 5.69 Å². The lowest BCUT2D eigenvalue weighted by atomic mass is 10.2. The van der Waals surface area contributed by atoms with Gasteiger partial charge in [-0.15, -0.1) is 0 Å². The minimum atomic E-state index is -0.516. The molecule has 0 spiro atoms. The highest BCUT2D eigenvalue weighted by molar-refractivity contribution is 5.92. The van der Waals surface area contributed by atoms with E-state index in [1.54, 1.807) is 30.2 Å². The number of carbonyl (C=O) groups is 1. The summed E-state index contributed by atoms with van der Waals surface area (Å²) >= 11 is 0. The second-order valence-electron chi connectivity index (χ2n) is 7.59. The molecule has 1 amide bonds. The van der Waals surface area contributed by atoms with Gasteiger partial charge >= 0.3 is 0 Å². The van der Waals surface area contributed by atoms with Crippen molar-refractivity contribution >= 4 is 11.6 Å². The number of para-hydroxylation sites is 2. The van der Waals surface area contributed by atoms with Crippen LogP contribution in [0.15, 0.2) is 59.7 Å². The van der Waals surface area contributed by atoms with Crippen LogP contribution in [0.2, 0.25) is 0 Å². The number of pyridine rings is 1. The first-order valence-corrected chi connectivity index (χ1v) is 10.2. The van der Waals surface area contributed by atoms with Crippen LogP contribution in [0.3, 0.4) is 0 Å². The molecule has 3 aromatic rings. The van der Waals surface area contributed by atoms with E-state index in [1.807, 2.05) is 18.3 Å². The summed E-state index contributed by atoms with van der Waals surface area (Å²) in [5.74, 6) is -0.469. The van der Waals surface area contributed by atoms with Crippen LogP contribution in [0.5, 0.6) is 0 Å². The fourth-order valence-corrected chi connectivity index (χ4v) is 3.75. The molecule has 0 unspecified atom stereocenters. The summed E-state index contributed by atoms with van der Waals surface area (Å²) in [6.07, 6.45) is 3.55. The molecule has 1 fully saturated rings. The lowest BCUT2D eigenvalue weighted by molar-refractivity contribution is -0.384. The number of rotatable bonds is 5. The molecule has 0 saturated carbocycles. The molecule has 0 N–H and O–H groups in total. The maximum absolute atomic E-state index is 13.1. The number of nitrogens with zero attached hydrogens (tertiary/aromatic N) is 6. The van der Waals surface area contributed by atoms with Crippen LogP contribution in [0.25, 0.3) is 5.69 Å². The SMILES string of the molecule is Cc1cc(=O)c(C(=O)N2CCN(Cc3cccnc3)CC2)nn1-c1ccccc1[N+](=O)[O-]. The second-order valence-corrected chi connectivity index (χ2v) is 7.59. The summed E-state index contributed by atoms with van der Waals surface area (Å²) in [4.78, 5) is 44.5. The summed E-state index contributed by atoms with van der Waals surface area (Å²) in [6.45, 7) is 4.59. The van der Waals surface area contributed by atoms with Crippen molar-refractivity contribution in [1.82, 2.24) is 24.6 Å². The molecule has 10 nitrogen and oxygen atoms in total. The van der Waals surface area contributed by atoms with E-state index in [0.29, 0.717) is 31.9 Å². The Labute approximate surface area is 183 Å². The number of nitro benzene ring substituents is 1. The van der Waals surface area contributed by atoms with Crippen LogP contribution >= 0.6 is 0 Å². The Bertz CT molecular complexity index is 1200. The van der Waals surface area contributed by atoms with Crippen molar-refractivity contribution in [2.75, 3.05) is 26.2 Å². The quantitative estimate of drug-likeness (QED) is 0.444. The molecule has 1 aromatic carbocycles. The van der Waals surface area contributed by atoms with Gasteiger partial charge in [-0.2, -0.15) is 5.10 Å². The van der Waals surface area contributed by atoms with Crippen molar-refractivity contribution < 1.29 is 9.72 Å². The van der Waals surface area contributed by atoms with Crippen LogP contribution in [0, 0.1) is 17.0 Å². The van der Waals surface area contributed by atoms with Gasteiger partial charge in [-0.1, -0.05) is 18.2 Å². The highest BCUT2D eigenvalue weighted by atomic mass is 16.6. The third kappa shape index (κ3) is 4.40. The predicted molar refractivity (Wildman–Crippen MR) is 117 cm³/mol. The predicted octanol–water partition coefficient (Wildman–Crippen LogP) is 1.80. The highest BCUT2D eigenvalue weighted by Gasteiger charge is 2.26. The van der Waals surface area contributed by atoms with Crippen molar-refractivity contribution in [1.29, 1.82) is 0 Å². The number of hydrogen-bond acceptors (Lipinski definition) is 7. The molecular formula is C22H22N6O4. The fourth-order valence-electron chi connectivity index (χ4n) is 3.75. The first-order valence-electron chi connectivity index (χ1n) is 10.2. The van der Waals surface area contributed by atoms with E-state index < -0.39 is 16.3 Å². The monoisotopic (exact) mass is 434 g/mol. The Morgan fingerprint density at radius 1 is 1.12 bits per heavy atom. The van der Waals surface area contributed by atoms with Gasteiger partial charge in [-0.05, 0) is 24.6 Å². The average molecular weight is 434 g/mol. The normalized spacial score (nSPS) is 14.3. The topological polar surface area (TPSA) is 114 Å². The minimum absolute atomic E-state index is 0.158. The zero-order valence-electron chi connectivity index (χ0n) is 17.5. The maximum Gasteiger partial charge on any atom is 0.294 e. The molecule has 1 aliphatic heterocycles. The molecule has 32 heavy (non-hydrogen) atoms. The van der Waals surface area contributed by atoms with Gasteiger partial charge in [0.2, 0.25) is 5.43 Å². The van der Waals surface area contributed by atoms with Gasteiger partial charge in [0.05, 0.1) is 4.92 Å². The van der Waals surface area contributed by atoms with Crippen LogP contribution in [-0.2, 0) is 6.54 Å². The highest BCUT2D eigenvalue weighted by Crippen LogP contribution is 2.22. The van der Waals surface area contributed by atoms with Crippen LogP contribution in [-0.4, -0.2) is 61.6 Å². The second kappa shape index (κ2) is 9.06. The number of benzene rings is 1. The van der Waals surface area contributed by atoms with Gasteiger partial charge in [0.25, 0.3) is 11.6 Å². The molecule has 0 aliphatic carbocycles. The zero-order valence-corrected chi connectivity index (χ0v) is 17.5. The molecule has 164 valence electrons. The number of nitro groups is 1. The van der Waals surface area contributed by atoms with Gasteiger partial charge < -0.3 is 4.90 Å². The molecule has 0 radical (unpaired) electrons. The van der Waals surface area contributed by atoms with Crippen molar-refractivity contribution in [3.63, 3.8) is 0 Å². The summed E-state index contributed by atoms with van der Waals surface area (Å²) in [5, 5.41) is 15.7. The standard InChI is InChI=1S/C22H22N6O4/c1-16-13-20(29)21(24-27(16)18-6-2-3-7-19(18)28(31)32)22(30)26-11-9-25(10-12-26)15-17-5-4-8-23-14-17/h2-8,13-14H,9-12,15H2,1H3. The van der Waals surface area contributed by atoms with Gasteiger partial charge in [-0.3, -0.25) is 29.6 Å². The van der Waals surface area contributed by atoms with E-state index in [4.69, 9.17) is 0 Å². The van der Waals surface area contributed by atoms with Gasteiger partial charge in [0, 0.05) is 62.9 Å². The Kier molecular flexibility index (Phi) is 6.04. The Morgan fingerprint density at radius 2 is 1.88 bits per heavy atom. The van der Waals surface area contributed by atoms with Crippen molar-refractivity contribution in [3.8, 4) is 5.69 Å². The third-order valence-corrected chi connectivity index (χ3v) is 5.41. The number of aromatic nitrogens is 3. The van der Waals surface area contributed by atoms with E-state index in [9.17, 15) is 19.7 Å². The zero-order chi connectivity index (χ0) is 22.7. The largest absolute Gasteiger partial charge is 0.335 e. The summed E-state index contributed by atoms with van der Waals surface area (Å²) < 4.78 is 1.28. The minimum Gasteiger partial charge on any atom is -0.335 e. The van der Waals surface area contributed by atoms with Gasteiger partial charge in [-0.25, -0.2) is 4.68 Å². The first kappa shape index (κ1) is 21.3. The third-order valence-electron chi connectivity index (χ3n) is 5.41. The average Bonchev–Trinajstić information content (AvgIpc) is 2.80. The lowest BCUT2D eigenvalue weighted by Crippen LogP contribution is -2.49. The first-order chi connectivity index (χ1) is 15.4. The molecule has 0 bridgehead atoms. The number of carbonyl (C=O) groups excluding carboxylic acids is 1. The molecular weight excluding hydrogens is 412 g/mol. The van der Waals surface area contributed by atoms with E-state index in [-0.39, 0.29) is 17.1 Å². The van der Waals surface area contributed by atoms with Crippen molar-refractivity contribution in [2.45, 2.75) is 13.5 Å². The van der Waals surface area contributed by atoms with Crippen LogP contribution in [0.1, 0.15) is 21.7 Å². The molecule has 1 saturated heterocycles. The van der Waals surface area contributed by atoms with E-state index >= 15 is 0 Å². The van der Waals surface area contributed by atoms with Crippen molar-refractivity contribution in [2.24, 2.45) is 0 Å². The summed E-state index contributed by atoms with van der Waals surface area (Å²) in [7, 11) is 0. The number of hydrogen-bond donors (Lipinski definition) is 0. The molecule has 4 rings (SSSR count). The van der Waals surface area contributed by atoms with Gasteiger partial charge in [0.15, 0.2) is 5.69 Å². The maximum atomic E-state index is 13.1. The summed E-state index contributed by atoms with van der Waals surface area (Å²) in [6, 6.07) is 11.3. The molecule has 0 atom stereocenters. The molecule has 2 aromatic heterocycles. The Balaban J connectivity index is 1.54. The number of piperazine rings is 1. The number of amides is 1. The lowest BCUT2D eigenvalue weighted by Gasteiger charge is -2.34. The van der Waals surface area contributed by atoms with E-state index in [1.165, 1.54) is 22.9 Å². The molecule has 10 heteroatoms. The van der Waals surface area contributed by atoms with Crippen molar-refractivity contribution in [3.05, 3.63) is 92.1 Å². The van der Waals surface area contributed by atoms with E-state index in [0.717, 1.165) is 12.1 Å². The smallest absolute Gasteiger partial charge is 0.294 e. The number of aryl methyl sites for hydroxylation is 1. The molecule has 1 aliphatic rings. The fraction of sp³-hybridized carbons (Fsp3) is 0.273. The molecule has 3 heterocycles. The Hall–Kier alpha value is -3.92. The van der Waals surface area contributed by atoms with E-state index in [2.05, 4.69) is 15.0 Å². The van der Waals surface area contributed by atoms with Crippen LogP contribution in [0.4, 0.5) is 5.69 Å².